The average molecular weight is 268 g/mol. The number of carbonyl (C=O) groups is 1. The zero-order valence-electron chi connectivity index (χ0n) is 11.1. The van der Waals surface area contributed by atoms with Gasteiger partial charge in [-0.3, -0.25) is 14.9 Å². The number of hydrogen-bond acceptors (Lipinski definition) is 3. The van der Waals surface area contributed by atoms with Gasteiger partial charge >= 0.3 is 0 Å². The first-order valence-electron chi connectivity index (χ1n) is 7.11. The number of nitrogens with one attached hydrogen (secondary N) is 1. The zero-order chi connectivity index (χ0) is 13.5. The SMILES string of the molecule is O=C(c1cc(-c2ccncc2)n[nH]1)N(C1CC1)C1CC1. The summed E-state index contributed by atoms with van der Waals surface area (Å²) in [5.74, 6) is 0.0998. The van der Waals surface area contributed by atoms with E-state index < -0.39 is 0 Å². The number of aromatic amines is 1. The standard InChI is InChI=1S/C15H16N4O/c20-15(19(11-1-2-11)12-3-4-12)14-9-13(17-18-14)10-5-7-16-8-6-10/h5-9,11-12H,1-4H2,(H,17,18). The second kappa shape index (κ2) is 4.44. The summed E-state index contributed by atoms with van der Waals surface area (Å²) in [6, 6.07) is 6.55. The lowest BCUT2D eigenvalue weighted by Gasteiger charge is -2.20. The van der Waals surface area contributed by atoms with E-state index in [0.717, 1.165) is 36.9 Å². The van der Waals surface area contributed by atoms with Gasteiger partial charge in [-0.1, -0.05) is 0 Å². The number of carbonyl (C=O) groups excluding carboxylic acids is 1. The molecule has 5 nitrogen and oxygen atoms in total. The summed E-state index contributed by atoms with van der Waals surface area (Å²) < 4.78 is 0. The Kier molecular flexibility index (Phi) is 2.58. The van der Waals surface area contributed by atoms with Gasteiger partial charge in [-0.25, -0.2) is 0 Å². The molecular formula is C15H16N4O. The molecule has 0 unspecified atom stereocenters. The van der Waals surface area contributed by atoms with Crippen LogP contribution in [0.3, 0.4) is 0 Å². The van der Waals surface area contributed by atoms with E-state index >= 15 is 0 Å². The van der Waals surface area contributed by atoms with Crippen LogP contribution in [0.4, 0.5) is 0 Å². The molecular weight excluding hydrogens is 252 g/mol. The fraction of sp³-hybridized carbons (Fsp3) is 0.400. The van der Waals surface area contributed by atoms with Crippen molar-refractivity contribution in [1.82, 2.24) is 20.1 Å². The lowest BCUT2D eigenvalue weighted by Crippen LogP contribution is -2.35. The second-order valence-electron chi connectivity index (χ2n) is 5.58. The molecule has 0 saturated heterocycles. The third kappa shape index (κ3) is 2.09. The van der Waals surface area contributed by atoms with Gasteiger partial charge in [-0.2, -0.15) is 5.10 Å². The van der Waals surface area contributed by atoms with Gasteiger partial charge in [0.05, 0.1) is 5.69 Å². The van der Waals surface area contributed by atoms with Crippen molar-refractivity contribution in [3.8, 4) is 11.3 Å². The maximum Gasteiger partial charge on any atom is 0.272 e. The van der Waals surface area contributed by atoms with Gasteiger partial charge in [0.25, 0.3) is 5.91 Å². The minimum Gasteiger partial charge on any atom is -0.331 e. The Labute approximate surface area is 117 Å². The van der Waals surface area contributed by atoms with Crippen LogP contribution < -0.4 is 0 Å². The van der Waals surface area contributed by atoms with Gasteiger partial charge < -0.3 is 4.90 Å². The number of rotatable bonds is 4. The Morgan fingerprint density at radius 3 is 2.40 bits per heavy atom. The molecule has 1 N–H and O–H groups in total. The number of pyridine rings is 1. The third-order valence-electron chi connectivity index (χ3n) is 3.90. The predicted molar refractivity (Wildman–Crippen MR) is 74.0 cm³/mol. The largest absolute Gasteiger partial charge is 0.331 e. The molecule has 2 aliphatic rings. The molecule has 2 saturated carbocycles. The van der Waals surface area contributed by atoms with Crippen LogP contribution in [0.15, 0.2) is 30.6 Å². The van der Waals surface area contributed by atoms with E-state index in [1.54, 1.807) is 12.4 Å². The quantitative estimate of drug-likeness (QED) is 0.925. The van der Waals surface area contributed by atoms with Crippen molar-refractivity contribution >= 4 is 5.91 Å². The minimum absolute atomic E-state index is 0.0998. The van der Waals surface area contributed by atoms with E-state index in [-0.39, 0.29) is 5.91 Å². The maximum atomic E-state index is 12.6. The number of amides is 1. The molecule has 0 spiro atoms. The van der Waals surface area contributed by atoms with Gasteiger partial charge in [0, 0.05) is 30.0 Å². The van der Waals surface area contributed by atoms with E-state index in [4.69, 9.17) is 0 Å². The van der Waals surface area contributed by atoms with Crippen molar-refractivity contribution in [2.75, 3.05) is 0 Å². The molecule has 0 aromatic carbocycles. The van der Waals surface area contributed by atoms with E-state index in [9.17, 15) is 4.79 Å². The first-order chi connectivity index (χ1) is 9.83. The normalized spacial score (nSPS) is 18.0. The van der Waals surface area contributed by atoms with Crippen molar-refractivity contribution in [3.63, 3.8) is 0 Å². The molecule has 0 bridgehead atoms. The summed E-state index contributed by atoms with van der Waals surface area (Å²) in [6.07, 6.45) is 8.04. The monoisotopic (exact) mass is 268 g/mol. The minimum atomic E-state index is 0.0998. The van der Waals surface area contributed by atoms with Crippen molar-refractivity contribution in [2.24, 2.45) is 0 Å². The Morgan fingerprint density at radius 2 is 1.80 bits per heavy atom. The molecule has 0 atom stereocenters. The lowest BCUT2D eigenvalue weighted by atomic mass is 10.2. The van der Waals surface area contributed by atoms with Crippen LogP contribution in [0, 0.1) is 0 Å². The topological polar surface area (TPSA) is 61.9 Å². The third-order valence-corrected chi connectivity index (χ3v) is 3.90. The van der Waals surface area contributed by atoms with Crippen LogP contribution in [-0.2, 0) is 0 Å². The summed E-state index contributed by atoms with van der Waals surface area (Å²) in [6.45, 7) is 0. The Hall–Kier alpha value is -2.17. The van der Waals surface area contributed by atoms with Gasteiger partial charge in [0.1, 0.15) is 5.69 Å². The Balaban J connectivity index is 1.59. The van der Waals surface area contributed by atoms with E-state index in [1.165, 1.54) is 0 Å². The van der Waals surface area contributed by atoms with Crippen LogP contribution in [0.25, 0.3) is 11.3 Å². The van der Waals surface area contributed by atoms with Gasteiger partial charge in [0.2, 0.25) is 0 Å². The smallest absolute Gasteiger partial charge is 0.272 e. The molecule has 4 rings (SSSR count). The fourth-order valence-corrected chi connectivity index (χ4v) is 2.58. The molecule has 2 aliphatic carbocycles. The van der Waals surface area contributed by atoms with E-state index in [2.05, 4.69) is 20.1 Å². The van der Waals surface area contributed by atoms with E-state index in [0.29, 0.717) is 17.8 Å². The highest BCUT2D eigenvalue weighted by Gasteiger charge is 2.42. The van der Waals surface area contributed by atoms with Crippen LogP contribution in [0.1, 0.15) is 36.2 Å². The van der Waals surface area contributed by atoms with Crippen molar-refractivity contribution in [2.45, 2.75) is 37.8 Å². The highest BCUT2D eigenvalue weighted by molar-refractivity contribution is 5.94. The number of aromatic nitrogens is 3. The maximum absolute atomic E-state index is 12.6. The Bertz CT molecular complexity index is 616. The molecule has 2 fully saturated rings. The fourth-order valence-electron chi connectivity index (χ4n) is 2.58. The first kappa shape index (κ1) is 11.6. The van der Waals surface area contributed by atoms with Crippen LogP contribution in [-0.4, -0.2) is 38.1 Å². The molecule has 2 heterocycles. The van der Waals surface area contributed by atoms with Gasteiger partial charge in [0.15, 0.2) is 0 Å². The highest BCUT2D eigenvalue weighted by atomic mass is 16.2. The zero-order valence-corrected chi connectivity index (χ0v) is 11.1. The molecule has 5 heteroatoms. The summed E-state index contributed by atoms with van der Waals surface area (Å²) in [4.78, 5) is 18.6. The molecule has 1 amide bonds. The van der Waals surface area contributed by atoms with Gasteiger partial charge in [-0.05, 0) is 43.9 Å². The number of nitrogens with zero attached hydrogens (tertiary/aromatic N) is 3. The first-order valence-corrected chi connectivity index (χ1v) is 7.11. The number of H-pyrrole nitrogens is 1. The predicted octanol–water partition coefficient (Wildman–Crippen LogP) is 2.24. The summed E-state index contributed by atoms with van der Waals surface area (Å²) in [5.41, 5.74) is 2.36. The van der Waals surface area contributed by atoms with Crippen molar-refractivity contribution < 1.29 is 4.79 Å². The van der Waals surface area contributed by atoms with Crippen molar-refractivity contribution in [1.29, 1.82) is 0 Å². The van der Waals surface area contributed by atoms with Crippen LogP contribution >= 0.6 is 0 Å². The molecule has 20 heavy (non-hydrogen) atoms. The van der Waals surface area contributed by atoms with Gasteiger partial charge in [-0.15, -0.1) is 0 Å². The van der Waals surface area contributed by atoms with Crippen molar-refractivity contribution in [3.05, 3.63) is 36.3 Å². The molecule has 0 aliphatic heterocycles. The second-order valence-corrected chi connectivity index (χ2v) is 5.58. The van der Waals surface area contributed by atoms with Crippen LogP contribution in [0.2, 0.25) is 0 Å². The average Bonchev–Trinajstić information content (AvgIpc) is 3.42. The summed E-state index contributed by atoms with van der Waals surface area (Å²) in [7, 11) is 0. The summed E-state index contributed by atoms with van der Waals surface area (Å²) >= 11 is 0. The molecule has 102 valence electrons. The molecule has 0 radical (unpaired) electrons. The van der Waals surface area contributed by atoms with Crippen LogP contribution in [0.5, 0.6) is 0 Å². The lowest BCUT2D eigenvalue weighted by molar-refractivity contribution is 0.0724. The highest BCUT2D eigenvalue weighted by Crippen LogP contribution is 2.38. The molecule has 2 aromatic heterocycles. The summed E-state index contributed by atoms with van der Waals surface area (Å²) in [5, 5.41) is 7.14. The van der Waals surface area contributed by atoms with E-state index in [1.807, 2.05) is 18.2 Å². The Morgan fingerprint density at radius 1 is 1.15 bits per heavy atom. The molecule has 2 aromatic rings. The number of hydrogen-bond donors (Lipinski definition) is 1.